The molecule has 0 fully saturated rings. The molecule has 0 unspecified atom stereocenters. The van der Waals surface area contributed by atoms with Crippen molar-refractivity contribution in [3.8, 4) is 21.8 Å². The average molecular weight is 337 g/mol. The van der Waals surface area contributed by atoms with Crippen LogP contribution in [0.1, 0.15) is 5.56 Å². The van der Waals surface area contributed by atoms with E-state index in [1.54, 1.807) is 11.3 Å². The van der Waals surface area contributed by atoms with Gasteiger partial charge in [-0.05, 0) is 23.8 Å². The van der Waals surface area contributed by atoms with Crippen molar-refractivity contribution in [3.63, 3.8) is 0 Å². The second-order valence-electron chi connectivity index (χ2n) is 4.45. The van der Waals surface area contributed by atoms with Gasteiger partial charge in [0.15, 0.2) is 0 Å². The van der Waals surface area contributed by atoms with E-state index < -0.39 is 0 Å². The lowest BCUT2D eigenvalue weighted by molar-refractivity contribution is 1.07. The number of nitrogens with zero attached hydrogens (tertiary/aromatic N) is 1. The maximum absolute atomic E-state index is 5.90. The number of aromatic nitrogens is 1. The summed E-state index contributed by atoms with van der Waals surface area (Å²) in [7, 11) is 0. The van der Waals surface area contributed by atoms with Gasteiger partial charge in [-0.1, -0.05) is 41.9 Å². The van der Waals surface area contributed by atoms with Crippen molar-refractivity contribution in [3.05, 3.63) is 64.5 Å². The van der Waals surface area contributed by atoms with E-state index in [4.69, 9.17) is 22.3 Å². The maximum atomic E-state index is 5.90. The molecule has 2 aromatic carbocycles. The van der Waals surface area contributed by atoms with Gasteiger partial charge < -0.3 is 5.73 Å². The molecular weight excluding hydrogens is 323 g/mol. The monoisotopic (exact) mass is 336 g/mol. The minimum absolute atomic E-state index is 0. The fourth-order valence-corrected chi connectivity index (χ4v) is 2.94. The molecule has 0 bridgehead atoms. The summed E-state index contributed by atoms with van der Waals surface area (Å²) < 4.78 is 0. The van der Waals surface area contributed by atoms with Crippen molar-refractivity contribution in [1.82, 2.24) is 4.98 Å². The Morgan fingerprint density at radius 3 is 2.52 bits per heavy atom. The third-order valence-electron chi connectivity index (χ3n) is 3.05. The van der Waals surface area contributed by atoms with Gasteiger partial charge in [-0.15, -0.1) is 23.7 Å². The fraction of sp³-hybridized carbons (Fsp3) is 0.0625. The first-order valence-corrected chi connectivity index (χ1v) is 7.53. The largest absolute Gasteiger partial charge is 0.326 e. The van der Waals surface area contributed by atoms with Gasteiger partial charge in [-0.3, -0.25) is 0 Å². The molecule has 3 rings (SSSR count). The van der Waals surface area contributed by atoms with E-state index in [-0.39, 0.29) is 12.4 Å². The Bertz CT molecular complexity index is 723. The van der Waals surface area contributed by atoms with Crippen LogP contribution in [0.15, 0.2) is 53.9 Å². The van der Waals surface area contributed by atoms with E-state index >= 15 is 0 Å². The predicted octanol–water partition coefficient (Wildman–Crippen LogP) is 5.01. The Hall–Kier alpha value is -1.39. The Kier molecular flexibility index (Phi) is 5.37. The second-order valence-corrected chi connectivity index (χ2v) is 5.74. The van der Waals surface area contributed by atoms with Crippen molar-refractivity contribution < 1.29 is 0 Å². The number of benzene rings is 2. The van der Waals surface area contributed by atoms with Crippen LogP contribution in [0, 0.1) is 0 Å². The molecule has 5 heteroatoms. The highest BCUT2D eigenvalue weighted by atomic mass is 35.5. The van der Waals surface area contributed by atoms with Gasteiger partial charge in [0.2, 0.25) is 0 Å². The standard InChI is InChI=1S/C16H13ClN2S.ClH/c17-14-6-4-12(5-7-14)15-10-20-16(19-15)13-3-1-2-11(8-13)9-18;/h1-8,10H,9,18H2;1H. The minimum Gasteiger partial charge on any atom is -0.326 e. The zero-order valence-corrected chi connectivity index (χ0v) is 13.5. The van der Waals surface area contributed by atoms with Gasteiger partial charge in [0, 0.05) is 28.1 Å². The molecule has 0 saturated heterocycles. The molecule has 2 nitrogen and oxygen atoms in total. The quantitative estimate of drug-likeness (QED) is 0.729. The summed E-state index contributed by atoms with van der Waals surface area (Å²) >= 11 is 7.54. The van der Waals surface area contributed by atoms with Crippen molar-refractivity contribution in [2.24, 2.45) is 5.73 Å². The lowest BCUT2D eigenvalue weighted by atomic mass is 10.1. The summed E-state index contributed by atoms with van der Waals surface area (Å²) in [6, 6.07) is 15.9. The predicted molar refractivity (Wildman–Crippen MR) is 93.1 cm³/mol. The molecule has 0 aliphatic rings. The number of hydrogen-bond donors (Lipinski definition) is 1. The van der Waals surface area contributed by atoms with E-state index in [0.29, 0.717) is 6.54 Å². The van der Waals surface area contributed by atoms with Crippen molar-refractivity contribution in [2.45, 2.75) is 6.54 Å². The van der Waals surface area contributed by atoms with Crippen LogP contribution < -0.4 is 5.73 Å². The smallest absolute Gasteiger partial charge is 0.124 e. The van der Waals surface area contributed by atoms with E-state index in [9.17, 15) is 0 Å². The average Bonchev–Trinajstić information content (AvgIpc) is 2.98. The summed E-state index contributed by atoms with van der Waals surface area (Å²) in [5.41, 5.74) is 9.95. The molecule has 0 spiro atoms. The van der Waals surface area contributed by atoms with Crippen molar-refractivity contribution in [2.75, 3.05) is 0 Å². The Morgan fingerprint density at radius 1 is 1.05 bits per heavy atom. The first kappa shape index (κ1) is 16.0. The van der Waals surface area contributed by atoms with Gasteiger partial charge in [-0.2, -0.15) is 0 Å². The lowest BCUT2D eigenvalue weighted by Crippen LogP contribution is -1.95. The van der Waals surface area contributed by atoms with Crippen LogP contribution in [0.2, 0.25) is 5.02 Å². The van der Waals surface area contributed by atoms with Gasteiger partial charge >= 0.3 is 0 Å². The van der Waals surface area contributed by atoms with Crippen LogP contribution in [0.5, 0.6) is 0 Å². The minimum atomic E-state index is 0. The molecule has 0 atom stereocenters. The van der Waals surface area contributed by atoms with Crippen LogP contribution in [-0.2, 0) is 6.54 Å². The van der Waals surface area contributed by atoms with Crippen molar-refractivity contribution in [1.29, 1.82) is 0 Å². The van der Waals surface area contributed by atoms with Crippen molar-refractivity contribution >= 4 is 35.3 Å². The molecule has 0 aliphatic heterocycles. The highest BCUT2D eigenvalue weighted by Gasteiger charge is 2.07. The third kappa shape index (κ3) is 3.63. The van der Waals surface area contributed by atoms with E-state index in [2.05, 4.69) is 17.5 Å². The fourth-order valence-electron chi connectivity index (χ4n) is 1.99. The highest BCUT2D eigenvalue weighted by molar-refractivity contribution is 7.13. The van der Waals surface area contributed by atoms with Crippen LogP contribution in [-0.4, -0.2) is 4.98 Å². The van der Waals surface area contributed by atoms with Gasteiger partial charge in [0.1, 0.15) is 5.01 Å². The van der Waals surface area contributed by atoms with Crippen LogP contribution in [0.4, 0.5) is 0 Å². The topological polar surface area (TPSA) is 38.9 Å². The molecule has 0 radical (unpaired) electrons. The number of thiazole rings is 1. The summed E-state index contributed by atoms with van der Waals surface area (Å²) in [6.07, 6.45) is 0. The number of halogens is 2. The SMILES string of the molecule is Cl.NCc1cccc(-c2nc(-c3ccc(Cl)cc3)cs2)c1. The van der Waals surface area contributed by atoms with E-state index in [1.807, 2.05) is 36.4 Å². The lowest BCUT2D eigenvalue weighted by Gasteiger charge is -2.00. The zero-order chi connectivity index (χ0) is 13.9. The maximum Gasteiger partial charge on any atom is 0.124 e. The molecule has 0 aliphatic carbocycles. The molecule has 1 aromatic heterocycles. The molecular formula is C16H14Cl2N2S. The van der Waals surface area contributed by atoms with Gasteiger partial charge in [-0.25, -0.2) is 4.98 Å². The number of nitrogens with two attached hydrogens (primary N) is 1. The van der Waals surface area contributed by atoms with E-state index in [0.717, 1.165) is 32.4 Å². The Labute approximate surface area is 139 Å². The normalized spacial score (nSPS) is 10.2. The second kappa shape index (κ2) is 7.05. The third-order valence-corrected chi connectivity index (χ3v) is 4.20. The van der Waals surface area contributed by atoms with Gasteiger partial charge in [0.25, 0.3) is 0 Å². The molecule has 0 saturated carbocycles. The molecule has 1 heterocycles. The highest BCUT2D eigenvalue weighted by Crippen LogP contribution is 2.29. The van der Waals surface area contributed by atoms with E-state index in [1.165, 1.54) is 0 Å². The molecule has 108 valence electrons. The molecule has 3 aromatic rings. The molecule has 2 N–H and O–H groups in total. The Balaban J connectivity index is 0.00000161. The first-order chi connectivity index (χ1) is 9.76. The van der Waals surface area contributed by atoms with Crippen LogP contribution in [0.3, 0.4) is 0 Å². The summed E-state index contributed by atoms with van der Waals surface area (Å²) in [4.78, 5) is 4.69. The zero-order valence-electron chi connectivity index (χ0n) is 11.1. The number of rotatable bonds is 3. The van der Waals surface area contributed by atoms with Gasteiger partial charge in [0.05, 0.1) is 5.69 Å². The first-order valence-electron chi connectivity index (χ1n) is 6.27. The van der Waals surface area contributed by atoms with Crippen LogP contribution in [0.25, 0.3) is 21.8 Å². The Morgan fingerprint density at radius 2 is 1.81 bits per heavy atom. The van der Waals surface area contributed by atoms with Crippen LogP contribution >= 0.6 is 35.3 Å². The number of hydrogen-bond acceptors (Lipinski definition) is 3. The summed E-state index contributed by atoms with van der Waals surface area (Å²) in [6.45, 7) is 0.545. The summed E-state index contributed by atoms with van der Waals surface area (Å²) in [5.74, 6) is 0. The molecule has 21 heavy (non-hydrogen) atoms. The summed E-state index contributed by atoms with van der Waals surface area (Å²) in [5, 5.41) is 3.80. The molecule has 0 amide bonds.